The first-order chi connectivity index (χ1) is 12.0. The van der Waals surface area contributed by atoms with Crippen LogP contribution in [0.25, 0.3) is 0 Å². The molecule has 2 saturated heterocycles. The molecule has 2 amide bonds. The summed E-state index contributed by atoms with van der Waals surface area (Å²) in [4.78, 5) is 29.0. The monoisotopic (exact) mass is 348 g/mol. The first-order valence-electron chi connectivity index (χ1n) is 9.01. The van der Waals surface area contributed by atoms with E-state index >= 15 is 0 Å². The zero-order chi connectivity index (χ0) is 17.6. The lowest BCUT2D eigenvalue weighted by molar-refractivity contribution is -0.147. The zero-order valence-corrected chi connectivity index (χ0v) is 14.1. The Bertz CT molecular complexity index is 719. The van der Waals surface area contributed by atoms with Crippen molar-refractivity contribution in [2.45, 2.75) is 38.6 Å². The SMILES string of the molecule is O=C(C1CC1)N1CC[C@@]2(CCCN(Cc3ccc(F)c(F)c3)C2=O)C1. The van der Waals surface area contributed by atoms with Crippen LogP contribution in [0, 0.1) is 23.0 Å². The predicted molar refractivity (Wildman–Crippen MR) is 87.4 cm³/mol. The van der Waals surface area contributed by atoms with E-state index in [0.29, 0.717) is 31.6 Å². The van der Waals surface area contributed by atoms with E-state index in [-0.39, 0.29) is 24.3 Å². The van der Waals surface area contributed by atoms with Gasteiger partial charge in [0.1, 0.15) is 0 Å². The van der Waals surface area contributed by atoms with Gasteiger partial charge in [0.15, 0.2) is 11.6 Å². The largest absolute Gasteiger partial charge is 0.341 e. The number of hydrogen-bond acceptors (Lipinski definition) is 2. The number of piperidine rings is 1. The van der Waals surface area contributed by atoms with Crippen molar-refractivity contribution in [3.05, 3.63) is 35.4 Å². The third-order valence-electron chi connectivity index (χ3n) is 5.77. The summed E-state index contributed by atoms with van der Waals surface area (Å²) in [6.45, 7) is 2.07. The smallest absolute Gasteiger partial charge is 0.230 e. The summed E-state index contributed by atoms with van der Waals surface area (Å²) >= 11 is 0. The fourth-order valence-electron chi connectivity index (χ4n) is 4.19. The molecule has 0 bridgehead atoms. The van der Waals surface area contributed by atoms with Gasteiger partial charge in [0.05, 0.1) is 5.41 Å². The van der Waals surface area contributed by atoms with Crippen LogP contribution < -0.4 is 0 Å². The Labute approximate surface area is 145 Å². The minimum Gasteiger partial charge on any atom is -0.341 e. The fraction of sp³-hybridized carbons (Fsp3) is 0.579. The number of carbonyl (C=O) groups is 2. The molecule has 25 heavy (non-hydrogen) atoms. The number of benzene rings is 1. The van der Waals surface area contributed by atoms with Crippen LogP contribution in [-0.2, 0) is 16.1 Å². The van der Waals surface area contributed by atoms with Crippen LogP contribution >= 0.6 is 0 Å². The summed E-state index contributed by atoms with van der Waals surface area (Å²) in [7, 11) is 0. The molecule has 1 aromatic rings. The first kappa shape index (κ1) is 16.5. The Balaban J connectivity index is 1.47. The summed E-state index contributed by atoms with van der Waals surface area (Å²) in [5, 5.41) is 0. The van der Waals surface area contributed by atoms with Gasteiger partial charge in [-0.25, -0.2) is 8.78 Å². The van der Waals surface area contributed by atoms with E-state index in [2.05, 4.69) is 0 Å². The maximum Gasteiger partial charge on any atom is 0.230 e. The van der Waals surface area contributed by atoms with Gasteiger partial charge in [-0.05, 0) is 49.8 Å². The molecule has 1 aliphatic carbocycles. The molecular formula is C19H22F2N2O2. The molecule has 3 aliphatic rings. The van der Waals surface area contributed by atoms with E-state index in [4.69, 9.17) is 0 Å². The highest BCUT2D eigenvalue weighted by Crippen LogP contribution is 2.42. The molecule has 3 fully saturated rings. The van der Waals surface area contributed by atoms with Gasteiger partial charge >= 0.3 is 0 Å². The normalized spacial score (nSPS) is 26.6. The second kappa shape index (κ2) is 6.07. The molecule has 0 N–H and O–H groups in total. The standard InChI is InChI=1S/C19H22F2N2O2/c20-15-5-2-13(10-16(15)21)11-22-8-1-6-19(18(22)25)7-9-23(12-19)17(24)14-3-4-14/h2,5,10,14H,1,3-4,6-9,11-12H2/t19-/m0/s1. The molecule has 6 heteroatoms. The molecule has 1 aromatic carbocycles. The van der Waals surface area contributed by atoms with Crippen molar-refractivity contribution in [2.24, 2.45) is 11.3 Å². The fourth-order valence-corrected chi connectivity index (χ4v) is 4.19. The van der Waals surface area contributed by atoms with Gasteiger partial charge in [0.25, 0.3) is 0 Å². The summed E-state index contributed by atoms with van der Waals surface area (Å²) in [5.74, 6) is -1.35. The van der Waals surface area contributed by atoms with Gasteiger partial charge in [-0.3, -0.25) is 9.59 Å². The Morgan fingerprint density at radius 2 is 1.96 bits per heavy atom. The minimum atomic E-state index is -0.890. The number of likely N-dealkylation sites (tertiary alicyclic amines) is 2. The van der Waals surface area contributed by atoms with E-state index in [1.807, 2.05) is 4.90 Å². The van der Waals surface area contributed by atoms with Gasteiger partial charge < -0.3 is 9.80 Å². The van der Waals surface area contributed by atoms with Gasteiger partial charge in [-0.15, -0.1) is 0 Å². The van der Waals surface area contributed by atoms with Crippen molar-refractivity contribution in [3.8, 4) is 0 Å². The van der Waals surface area contributed by atoms with Gasteiger partial charge in [-0.1, -0.05) is 6.07 Å². The van der Waals surface area contributed by atoms with Crippen LogP contribution in [0.5, 0.6) is 0 Å². The number of halogens is 2. The third kappa shape index (κ3) is 3.02. The Morgan fingerprint density at radius 3 is 2.68 bits per heavy atom. The van der Waals surface area contributed by atoms with Crippen molar-refractivity contribution < 1.29 is 18.4 Å². The Hall–Kier alpha value is -1.98. The molecule has 0 unspecified atom stereocenters. The van der Waals surface area contributed by atoms with Gasteiger partial charge in [0.2, 0.25) is 11.8 Å². The zero-order valence-electron chi connectivity index (χ0n) is 14.1. The second-order valence-electron chi connectivity index (χ2n) is 7.64. The molecule has 4 rings (SSSR count). The topological polar surface area (TPSA) is 40.6 Å². The number of carbonyl (C=O) groups excluding carboxylic acids is 2. The number of nitrogens with zero attached hydrogens (tertiary/aromatic N) is 2. The molecule has 2 aliphatic heterocycles. The molecule has 1 saturated carbocycles. The van der Waals surface area contributed by atoms with E-state index in [0.717, 1.165) is 37.8 Å². The maximum atomic E-state index is 13.4. The molecule has 1 spiro atoms. The van der Waals surface area contributed by atoms with Gasteiger partial charge in [0, 0.05) is 32.1 Å². The van der Waals surface area contributed by atoms with Crippen LogP contribution in [0.3, 0.4) is 0 Å². The highest BCUT2D eigenvalue weighted by Gasteiger charge is 2.50. The van der Waals surface area contributed by atoms with E-state index in [1.165, 1.54) is 6.07 Å². The van der Waals surface area contributed by atoms with Crippen LogP contribution in [0.4, 0.5) is 8.78 Å². The average Bonchev–Trinajstić information content (AvgIpc) is 3.36. The van der Waals surface area contributed by atoms with Crippen molar-refractivity contribution in [3.63, 3.8) is 0 Å². The van der Waals surface area contributed by atoms with Crippen molar-refractivity contribution in [2.75, 3.05) is 19.6 Å². The van der Waals surface area contributed by atoms with Crippen LogP contribution in [0.2, 0.25) is 0 Å². The average molecular weight is 348 g/mol. The molecule has 0 radical (unpaired) electrons. The number of rotatable bonds is 3. The second-order valence-corrected chi connectivity index (χ2v) is 7.64. The first-order valence-corrected chi connectivity index (χ1v) is 9.01. The predicted octanol–water partition coefficient (Wildman–Crippen LogP) is 2.72. The highest BCUT2D eigenvalue weighted by molar-refractivity contribution is 5.87. The summed E-state index contributed by atoms with van der Waals surface area (Å²) in [6, 6.07) is 3.77. The molecule has 4 nitrogen and oxygen atoms in total. The van der Waals surface area contributed by atoms with Crippen LogP contribution in [0.15, 0.2) is 18.2 Å². The summed E-state index contributed by atoms with van der Waals surface area (Å²) in [5.41, 5.74) is 0.106. The highest BCUT2D eigenvalue weighted by atomic mass is 19.2. The Kier molecular flexibility index (Phi) is 4.01. The molecule has 2 heterocycles. The lowest BCUT2D eigenvalue weighted by atomic mass is 9.78. The third-order valence-corrected chi connectivity index (χ3v) is 5.77. The molecule has 1 atom stereocenters. The van der Waals surface area contributed by atoms with Crippen molar-refractivity contribution in [1.82, 2.24) is 9.80 Å². The van der Waals surface area contributed by atoms with Crippen molar-refractivity contribution >= 4 is 11.8 Å². The maximum absolute atomic E-state index is 13.4. The lowest BCUT2D eigenvalue weighted by Crippen LogP contribution is -2.50. The van der Waals surface area contributed by atoms with Crippen molar-refractivity contribution in [1.29, 1.82) is 0 Å². The Morgan fingerprint density at radius 1 is 1.16 bits per heavy atom. The quantitative estimate of drug-likeness (QED) is 0.843. The van der Waals surface area contributed by atoms with E-state index < -0.39 is 17.0 Å². The van der Waals surface area contributed by atoms with Crippen LogP contribution in [0.1, 0.15) is 37.7 Å². The van der Waals surface area contributed by atoms with E-state index in [9.17, 15) is 18.4 Å². The minimum absolute atomic E-state index is 0.0505. The summed E-state index contributed by atoms with van der Waals surface area (Å²) in [6.07, 6.45) is 4.32. The van der Waals surface area contributed by atoms with Crippen LogP contribution in [-0.4, -0.2) is 41.2 Å². The molecule has 0 aromatic heterocycles. The number of amides is 2. The van der Waals surface area contributed by atoms with Gasteiger partial charge in [-0.2, -0.15) is 0 Å². The lowest BCUT2D eigenvalue weighted by Gasteiger charge is -2.39. The van der Waals surface area contributed by atoms with E-state index in [1.54, 1.807) is 4.90 Å². The molecule has 134 valence electrons. The summed E-state index contributed by atoms with van der Waals surface area (Å²) < 4.78 is 26.5. The number of hydrogen-bond donors (Lipinski definition) is 0. The molecular weight excluding hydrogens is 326 g/mol.